The summed E-state index contributed by atoms with van der Waals surface area (Å²) in [5, 5.41) is 2.98. The summed E-state index contributed by atoms with van der Waals surface area (Å²) in [6.07, 6.45) is 3.57. The molecule has 1 aromatic carbocycles. The van der Waals surface area contributed by atoms with Crippen molar-refractivity contribution in [2.45, 2.75) is 12.8 Å². The molecule has 4 heteroatoms. The molecule has 0 aromatic heterocycles. The third kappa shape index (κ3) is 4.10. The molecule has 2 rings (SSSR count). The van der Waals surface area contributed by atoms with Crippen molar-refractivity contribution in [2.75, 3.05) is 32.1 Å². The summed E-state index contributed by atoms with van der Waals surface area (Å²) >= 11 is 0. The van der Waals surface area contributed by atoms with Gasteiger partial charge in [-0.3, -0.25) is 4.79 Å². The van der Waals surface area contributed by atoms with E-state index in [1.807, 2.05) is 24.3 Å². The van der Waals surface area contributed by atoms with Crippen LogP contribution >= 0.6 is 0 Å². The quantitative estimate of drug-likeness (QED) is 0.839. The number of carbonyl (C=O) groups is 1. The van der Waals surface area contributed by atoms with Crippen LogP contribution in [0.25, 0.3) is 0 Å². The smallest absolute Gasteiger partial charge is 0.227 e. The first-order chi connectivity index (χ1) is 9.69. The van der Waals surface area contributed by atoms with Crippen LogP contribution < -0.4 is 10.1 Å². The van der Waals surface area contributed by atoms with E-state index in [1.165, 1.54) is 0 Å². The molecule has 1 heterocycles. The number of hydrogen-bond donors (Lipinski definition) is 1. The molecule has 0 unspecified atom stereocenters. The lowest BCUT2D eigenvalue weighted by Gasteiger charge is -2.28. The summed E-state index contributed by atoms with van der Waals surface area (Å²) in [5.74, 6) is 1.03. The average Bonchev–Trinajstić information content (AvgIpc) is 2.47. The van der Waals surface area contributed by atoms with Crippen molar-refractivity contribution >= 4 is 11.6 Å². The lowest BCUT2D eigenvalue weighted by Crippen LogP contribution is -2.35. The fourth-order valence-corrected chi connectivity index (χ4v) is 2.30. The second-order valence-corrected chi connectivity index (χ2v) is 5.19. The maximum Gasteiger partial charge on any atom is 0.227 e. The van der Waals surface area contributed by atoms with Crippen LogP contribution in [0.3, 0.4) is 0 Å². The summed E-state index contributed by atoms with van der Waals surface area (Å²) in [6, 6.07) is 7.44. The van der Waals surface area contributed by atoms with Gasteiger partial charge in [-0.25, -0.2) is 0 Å². The van der Waals surface area contributed by atoms with Crippen LogP contribution in [0.1, 0.15) is 12.8 Å². The normalized spacial score (nSPS) is 16.6. The third-order valence-electron chi connectivity index (χ3n) is 3.58. The molecular formula is C16H22N2O2. The molecule has 1 amide bonds. The summed E-state index contributed by atoms with van der Waals surface area (Å²) in [6.45, 7) is 6.08. The number of anilines is 1. The molecule has 1 fully saturated rings. The van der Waals surface area contributed by atoms with E-state index in [2.05, 4.69) is 23.8 Å². The monoisotopic (exact) mass is 274 g/mol. The van der Waals surface area contributed by atoms with Crippen molar-refractivity contribution in [3.05, 3.63) is 36.9 Å². The summed E-state index contributed by atoms with van der Waals surface area (Å²) in [5.41, 5.74) is 0.819. The Labute approximate surface area is 120 Å². The van der Waals surface area contributed by atoms with Crippen LogP contribution in [-0.4, -0.2) is 37.6 Å². The van der Waals surface area contributed by atoms with Crippen LogP contribution in [0.2, 0.25) is 0 Å². The molecule has 1 aliphatic rings. The van der Waals surface area contributed by atoms with Crippen molar-refractivity contribution in [1.82, 2.24) is 4.90 Å². The number of nitrogens with zero attached hydrogens (tertiary/aromatic N) is 1. The maximum absolute atomic E-state index is 12.2. The number of ether oxygens (including phenoxy) is 1. The van der Waals surface area contributed by atoms with Gasteiger partial charge in [-0.15, -0.1) is 0 Å². The predicted octanol–water partition coefficient (Wildman–Crippen LogP) is 2.53. The van der Waals surface area contributed by atoms with Gasteiger partial charge in [0.25, 0.3) is 0 Å². The van der Waals surface area contributed by atoms with E-state index >= 15 is 0 Å². The zero-order valence-corrected chi connectivity index (χ0v) is 12.0. The van der Waals surface area contributed by atoms with Gasteiger partial charge in [-0.05, 0) is 57.2 Å². The highest BCUT2D eigenvalue weighted by atomic mass is 16.5. The highest BCUT2D eigenvalue weighted by Gasteiger charge is 2.23. The number of nitrogens with one attached hydrogen (secondary N) is 1. The first kappa shape index (κ1) is 14.6. The Morgan fingerprint density at radius 3 is 2.65 bits per heavy atom. The van der Waals surface area contributed by atoms with Gasteiger partial charge in [0.2, 0.25) is 5.91 Å². The number of rotatable bonds is 5. The molecule has 0 atom stereocenters. The number of amides is 1. The van der Waals surface area contributed by atoms with Crippen molar-refractivity contribution < 1.29 is 9.53 Å². The van der Waals surface area contributed by atoms with Gasteiger partial charge in [-0.2, -0.15) is 0 Å². The van der Waals surface area contributed by atoms with Gasteiger partial charge >= 0.3 is 0 Å². The predicted molar refractivity (Wildman–Crippen MR) is 81.0 cm³/mol. The van der Waals surface area contributed by atoms with Crippen LogP contribution in [0, 0.1) is 5.92 Å². The van der Waals surface area contributed by atoms with Crippen molar-refractivity contribution in [3.63, 3.8) is 0 Å². The highest BCUT2D eigenvalue weighted by molar-refractivity contribution is 5.92. The van der Waals surface area contributed by atoms with E-state index in [1.54, 1.807) is 6.08 Å². The van der Waals surface area contributed by atoms with Crippen LogP contribution in [0.5, 0.6) is 5.75 Å². The Morgan fingerprint density at radius 1 is 1.40 bits per heavy atom. The molecule has 108 valence electrons. The molecule has 1 N–H and O–H groups in total. The largest absolute Gasteiger partial charge is 0.490 e. The lowest BCUT2D eigenvalue weighted by molar-refractivity contribution is -0.121. The highest BCUT2D eigenvalue weighted by Crippen LogP contribution is 2.20. The molecule has 20 heavy (non-hydrogen) atoms. The van der Waals surface area contributed by atoms with E-state index in [9.17, 15) is 4.79 Å². The Bertz CT molecular complexity index is 448. The van der Waals surface area contributed by atoms with Crippen LogP contribution in [0.15, 0.2) is 36.9 Å². The van der Waals surface area contributed by atoms with Crippen molar-refractivity contribution in [3.8, 4) is 5.75 Å². The van der Waals surface area contributed by atoms with Gasteiger partial charge in [0.15, 0.2) is 0 Å². The number of piperidine rings is 1. The third-order valence-corrected chi connectivity index (χ3v) is 3.58. The Hall–Kier alpha value is -1.81. The van der Waals surface area contributed by atoms with Crippen LogP contribution in [-0.2, 0) is 4.79 Å². The average molecular weight is 274 g/mol. The topological polar surface area (TPSA) is 41.6 Å². The molecule has 0 spiro atoms. The number of hydrogen-bond acceptors (Lipinski definition) is 3. The van der Waals surface area contributed by atoms with Crippen molar-refractivity contribution in [1.29, 1.82) is 0 Å². The van der Waals surface area contributed by atoms with Crippen LogP contribution in [0.4, 0.5) is 5.69 Å². The molecule has 1 saturated heterocycles. The number of benzene rings is 1. The van der Waals surface area contributed by atoms with E-state index < -0.39 is 0 Å². The molecule has 0 aliphatic carbocycles. The first-order valence-corrected chi connectivity index (χ1v) is 7.02. The van der Waals surface area contributed by atoms with E-state index in [4.69, 9.17) is 4.74 Å². The summed E-state index contributed by atoms with van der Waals surface area (Å²) in [4.78, 5) is 14.4. The molecule has 0 bridgehead atoms. The Morgan fingerprint density at radius 2 is 2.05 bits per heavy atom. The minimum absolute atomic E-state index is 0.123. The molecule has 1 aliphatic heterocycles. The van der Waals surface area contributed by atoms with E-state index in [0.29, 0.717) is 6.61 Å². The van der Waals surface area contributed by atoms with Gasteiger partial charge in [0.1, 0.15) is 12.4 Å². The molecule has 0 radical (unpaired) electrons. The first-order valence-electron chi connectivity index (χ1n) is 7.02. The zero-order valence-electron chi connectivity index (χ0n) is 12.0. The van der Waals surface area contributed by atoms with Gasteiger partial charge in [0, 0.05) is 11.6 Å². The second-order valence-electron chi connectivity index (χ2n) is 5.19. The second kappa shape index (κ2) is 7.10. The fraction of sp³-hybridized carbons (Fsp3) is 0.438. The molecule has 4 nitrogen and oxygen atoms in total. The SMILES string of the molecule is C=CCOc1ccc(NC(=O)C2CCN(C)CC2)cc1. The number of likely N-dealkylation sites (tertiary alicyclic amines) is 1. The van der Waals surface area contributed by atoms with Crippen molar-refractivity contribution in [2.24, 2.45) is 5.92 Å². The van der Waals surface area contributed by atoms with Gasteiger partial charge < -0.3 is 15.0 Å². The van der Waals surface area contributed by atoms with E-state index in [0.717, 1.165) is 37.4 Å². The van der Waals surface area contributed by atoms with Gasteiger partial charge in [-0.1, -0.05) is 12.7 Å². The molecule has 1 aromatic rings. The summed E-state index contributed by atoms with van der Waals surface area (Å²) < 4.78 is 5.41. The van der Waals surface area contributed by atoms with Gasteiger partial charge in [0.05, 0.1) is 0 Å². The Kier molecular flexibility index (Phi) is 5.18. The maximum atomic E-state index is 12.2. The fourth-order valence-electron chi connectivity index (χ4n) is 2.30. The number of carbonyl (C=O) groups excluding carboxylic acids is 1. The minimum Gasteiger partial charge on any atom is -0.490 e. The minimum atomic E-state index is 0.123. The Balaban J connectivity index is 1.86. The summed E-state index contributed by atoms with van der Waals surface area (Å²) in [7, 11) is 2.09. The molecular weight excluding hydrogens is 252 g/mol. The van der Waals surface area contributed by atoms with E-state index in [-0.39, 0.29) is 11.8 Å². The zero-order chi connectivity index (χ0) is 14.4. The standard InChI is InChI=1S/C16H22N2O2/c1-3-12-20-15-6-4-14(5-7-15)17-16(19)13-8-10-18(2)11-9-13/h3-7,13H,1,8-12H2,2H3,(H,17,19). The molecule has 0 saturated carbocycles. The lowest BCUT2D eigenvalue weighted by atomic mass is 9.96.